The van der Waals surface area contributed by atoms with Crippen molar-refractivity contribution in [2.45, 2.75) is 52.9 Å². The third-order valence-electron chi connectivity index (χ3n) is 4.95. The van der Waals surface area contributed by atoms with Gasteiger partial charge in [-0.05, 0) is 67.3 Å². The van der Waals surface area contributed by atoms with Crippen LogP contribution in [-0.2, 0) is 6.42 Å². The molecule has 1 fully saturated rings. The van der Waals surface area contributed by atoms with E-state index < -0.39 is 0 Å². The first-order chi connectivity index (χ1) is 8.95. The lowest BCUT2D eigenvalue weighted by molar-refractivity contribution is 0.0882. The van der Waals surface area contributed by atoms with Crippen molar-refractivity contribution in [3.63, 3.8) is 0 Å². The van der Waals surface area contributed by atoms with Crippen LogP contribution in [0.2, 0.25) is 0 Å². The summed E-state index contributed by atoms with van der Waals surface area (Å²) in [5, 5.41) is 5.66. The molecular weight excluding hydrogens is 250 g/mol. The van der Waals surface area contributed by atoms with E-state index in [1.807, 2.05) is 11.3 Å². The maximum Gasteiger partial charge on any atom is 0.00512 e. The molecule has 108 valence electrons. The third-order valence-corrected chi connectivity index (χ3v) is 5.83. The summed E-state index contributed by atoms with van der Waals surface area (Å²) in [7, 11) is 2.10. The lowest BCUT2D eigenvalue weighted by Gasteiger charge is -2.44. The summed E-state index contributed by atoms with van der Waals surface area (Å²) < 4.78 is 0. The van der Waals surface area contributed by atoms with Gasteiger partial charge in [-0.25, -0.2) is 0 Å². The molecule has 0 saturated heterocycles. The fourth-order valence-electron chi connectivity index (χ4n) is 3.67. The molecule has 0 bridgehead atoms. The summed E-state index contributed by atoms with van der Waals surface area (Å²) in [4.78, 5) is 1.56. The van der Waals surface area contributed by atoms with Gasteiger partial charge in [0.05, 0.1) is 0 Å². The number of thiophene rings is 1. The molecule has 0 radical (unpaired) electrons. The molecule has 1 aromatic rings. The van der Waals surface area contributed by atoms with Gasteiger partial charge < -0.3 is 5.32 Å². The van der Waals surface area contributed by atoms with Crippen LogP contribution >= 0.6 is 11.3 Å². The van der Waals surface area contributed by atoms with Gasteiger partial charge >= 0.3 is 0 Å². The smallest absolute Gasteiger partial charge is 0.00512 e. The van der Waals surface area contributed by atoms with Crippen molar-refractivity contribution >= 4 is 11.3 Å². The van der Waals surface area contributed by atoms with Gasteiger partial charge in [-0.15, -0.1) is 11.3 Å². The second kappa shape index (κ2) is 5.97. The molecule has 19 heavy (non-hydrogen) atoms. The molecule has 1 aliphatic rings. The van der Waals surface area contributed by atoms with E-state index >= 15 is 0 Å². The van der Waals surface area contributed by atoms with Crippen molar-refractivity contribution in [3.05, 3.63) is 22.4 Å². The molecule has 1 heterocycles. The summed E-state index contributed by atoms with van der Waals surface area (Å²) in [6.45, 7) is 8.38. The first-order valence-corrected chi connectivity index (χ1v) is 8.50. The van der Waals surface area contributed by atoms with Crippen molar-refractivity contribution < 1.29 is 0 Å². The monoisotopic (exact) mass is 279 g/mol. The summed E-state index contributed by atoms with van der Waals surface area (Å²) in [5.74, 6) is 0.904. The number of hydrogen-bond donors (Lipinski definition) is 1. The Bertz CT molecular complexity index is 366. The van der Waals surface area contributed by atoms with Gasteiger partial charge in [0.1, 0.15) is 0 Å². The molecule has 2 rings (SSSR count). The minimum Gasteiger partial charge on any atom is -0.319 e. The number of rotatable bonds is 4. The second-order valence-electron chi connectivity index (χ2n) is 7.43. The molecule has 0 amide bonds. The highest BCUT2D eigenvalue weighted by Gasteiger charge is 2.38. The van der Waals surface area contributed by atoms with Crippen molar-refractivity contribution in [2.24, 2.45) is 16.7 Å². The predicted octanol–water partition coefficient (Wildman–Crippen LogP) is 4.73. The highest BCUT2D eigenvalue weighted by atomic mass is 32.1. The molecule has 1 aliphatic carbocycles. The average Bonchev–Trinajstić information content (AvgIpc) is 2.81. The quantitative estimate of drug-likeness (QED) is 0.840. The molecule has 2 heteroatoms. The Balaban J connectivity index is 2.02. The molecule has 0 unspecified atom stereocenters. The lowest BCUT2D eigenvalue weighted by atomic mass is 9.63. The second-order valence-corrected chi connectivity index (χ2v) is 8.46. The molecular formula is C17H29NS. The van der Waals surface area contributed by atoms with Crippen LogP contribution in [0.5, 0.6) is 0 Å². The Labute approximate surface area is 122 Å². The van der Waals surface area contributed by atoms with E-state index in [9.17, 15) is 0 Å². The summed E-state index contributed by atoms with van der Waals surface area (Å²) in [6.07, 6.45) is 6.83. The normalized spacial score (nSPS) is 28.5. The van der Waals surface area contributed by atoms with Gasteiger partial charge in [-0.3, -0.25) is 0 Å². The van der Waals surface area contributed by atoms with Crippen LogP contribution in [0.15, 0.2) is 17.5 Å². The maximum absolute atomic E-state index is 3.45. The van der Waals surface area contributed by atoms with Gasteiger partial charge in [-0.1, -0.05) is 26.8 Å². The lowest BCUT2D eigenvalue weighted by Crippen LogP contribution is -2.40. The van der Waals surface area contributed by atoms with Crippen LogP contribution in [-0.4, -0.2) is 13.6 Å². The van der Waals surface area contributed by atoms with Gasteiger partial charge in [0.15, 0.2) is 0 Å². The van der Waals surface area contributed by atoms with E-state index in [0.29, 0.717) is 10.8 Å². The molecule has 0 atom stereocenters. The van der Waals surface area contributed by atoms with Crippen LogP contribution in [0.1, 0.15) is 51.3 Å². The average molecular weight is 279 g/mol. The van der Waals surface area contributed by atoms with Crippen LogP contribution in [0.4, 0.5) is 0 Å². The SMILES string of the molecule is CNCC1(Cc2cccs2)CCC(C(C)(C)C)CC1. The minimum absolute atomic E-state index is 0.481. The Kier molecular flexibility index (Phi) is 4.73. The first kappa shape index (κ1) is 15.1. The van der Waals surface area contributed by atoms with E-state index in [0.717, 1.165) is 5.92 Å². The van der Waals surface area contributed by atoms with Crippen molar-refractivity contribution in [2.75, 3.05) is 13.6 Å². The molecule has 0 aliphatic heterocycles. The Morgan fingerprint density at radius 1 is 1.32 bits per heavy atom. The zero-order chi connectivity index (χ0) is 13.9. The zero-order valence-electron chi connectivity index (χ0n) is 13.0. The number of nitrogens with one attached hydrogen (secondary N) is 1. The van der Waals surface area contributed by atoms with E-state index in [1.54, 1.807) is 4.88 Å². The Hall–Kier alpha value is -0.340. The van der Waals surface area contributed by atoms with E-state index in [2.05, 4.69) is 50.6 Å². The molecule has 0 spiro atoms. The van der Waals surface area contributed by atoms with Gasteiger partial charge in [-0.2, -0.15) is 0 Å². The van der Waals surface area contributed by atoms with E-state index in [4.69, 9.17) is 0 Å². The largest absolute Gasteiger partial charge is 0.319 e. The highest BCUT2D eigenvalue weighted by Crippen LogP contribution is 2.46. The molecule has 1 saturated carbocycles. The van der Waals surface area contributed by atoms with Crippen LogP contribution in [0.25, 0.3) is 0 Å². The van der Waals surface area contributed by atoms with Crippen molar-refractivity contribution in [1.82, 2.24) is 5.32 Å². The summed E-state index contributed by atoms with van der Waals surface area (Å²) in [5.41, 5.74) is 0.982. The maximum atomic E-state index is 3.45. The molecule has 1 N–H and O–H groups in total. The van der Waals surface area contributed by atoms with E-state index in [1.165, 1.54) is 38.6 Å². The van der Waals surface area contributed by atoms with Crippen LogP contribution in [0.3, 0.4) is 0 Å². The minimum atomic E-state index is 0.481. The van der Waals surface area contributed by atoms with E-state index in [-0.39, 0.29) is 0 Å². The molecule has 1 nitrogen and oxygen atoms in total. The van der Waals surface area contributed by atoms with Crippen LogP contribution < -0.4 is 5.32 Å². The third kappa shape index (κ3) is 3.82. The first-order valence-electron chi connectivity index (χ1n) is 7.62. The summed E-state index contributed by atoms with van der Waals surface area (Å²) >= 11 is 1.92. The van der Waals surface area contributed by atoms with Gasteiger partial charge in [0.2, 0.25) is 0 Å². The summed E-state index contributed by atoms with van der Waals surface area (Å²) in [6, 6.07) is 4.49. The van der Waals surface area contributed by atoms with Crippen molar-refractivity contribution in [1.29, 1.82) is 0 Å². The number of hydrogen-bond acceptors (Lipinski definition) is 2. The van der Waals surface area contributed by atoms with Crippen molar-refractivity contribution in [3.8, 4) is 0 Å². The zero-order valence-corrected chi connectivity index (χ0v) is 13.8. The predicted molar refractivity (Wildman–Crippen MR) is 85.8 cm³/mol. The molecule has 0 aromatic carbocycles. The standard InChI is InChI=1S/C17H29NS/c1-16(2,3)14-7-9-17(10-8-14,13-18-4)12-15-6-5-11-19-15/h5-6,11,14,18H,7-10,12-13H2,1-4H3. The van der Waals surface area contributed by atoms with Gasteiger partial charge in [0.25, 0.3) is 0 Å². The fraction of sp³-hybridized carbons (Fsp3) is 0.765. The highest BCUT2D eigenvalue weighted by molar-refractivity contribution is 7.09. The topological polar surface area (TPSA) is 12.0 Å². The fourth-order valence-corrected chi connectivity index (χ4v) is 4.55. The Morgan fingerprint density at radius 3 is 2.47 bits per heavy atom. The van der Waals surface area contributed by atoms with Crippen LogP contribution in [0, 0.1) is 16.7 Å². The van der Waals surface area contributed by atoms with Gasteiger partial charge in [0, 0.05) is 11.4 Å². The Morgan fingerprint density at radius 2 is 2.00 bits per heavy atom. The molecule has 1 aromatic heterocycles.